The monoisotopic (exact) mass is 414 g/mol. The molecule has 0 radical (unpaired) electrons. The second-order valence-corrected chi connectivity index (χ2v) is 7.57. The molecule has 2 amide bonds. The molecule has 1 aliphatic rings. The SMILES string of the molecule is COCC(=O)N1CCC[C@@H](c2nc(C)c(CC(=O)Nc3ccc(F)cc3)c(C)n2)C1. The fourth-order valence-electron chi connectivity index (χ4n) is 3.73. The van der Waals surface area contributed by atoms with E-state index in [0.717, 1.165) is 36.3 Å². The fourth-order valence-corrected chi connectivity index (χ4v) is 3.73. The van der Waals surface area contributed by atoms with Crippen molar-refractivity contribution in [2.24, 2.45) is 0 Å². The van der Waals surface area contributed by atoms with E-state index in [0.29, 0.717) is 18.1 Å². The summed E-state index contributed by atoms with van der Waals surface area (Å²) in [7, 11) is 1.51. The van der Waals surface area contributed by atoms with Gasteiger partial charge in [0, 0.05) is 48.8 Å². The number of piperidine rings is 1. The Hall–Kier alpha value is -2.87. The van der Waals surface area contributed by atoms with Crippen LogP contribution in [0.25, 0.3) is 0 Å². The number of nitrogens with one attached hydrogen (secondary N) is 1. The molecule has 0 bridgehead atoms. The van der Waals surface area contributed by atoms with E-state index in [2.05, 4.69) is 15.3 Å². The van der Waals surface area contributed by atoms with Gasteiger partial charge in [0.25, 0.3) is 0 Å². The van der Waals surface area contributed by atoms with Crippen LogP contribution in [-0.4, -0.2) is 53.5 Å². The van der Waals surface area contributed by atoms with Gasteiger partial charge in [-0.25, -0.2) is 14.4 Å². The first-order chi connectivity index (χ1) is 14.4. The molecule has 1 N–H and O–H groups in total. The minimum atomic E-state index is -0.353. The van der Waals surface area contributed by atoms with Crippen LogP contribution in [0.2, 0.25) is 0 Å². The quantitative estimate of drug-likeness (QED) is 0.786. The molecular weight excluding hydrogens is 387 g/mol. The molecule has 2 aromatic rings. The van der Waals surface area contributed by atoms with Crippen molar-refractivity contribution in [3.05, 3.63) is 52.9 Å². The Morgan fingerprint density at radius 2 is 1.87 bits per heavy atom. The molecule has 160 valence electrons. The Balaban J connectivity index is 1.69. The normalized spacial score (nSPS) is 16.4. The number of carbonyl (C=O) groups is 2. The summed E-state index contributed by atoms with van der Waals surface area (Å²) in [5, 5.41) is 2.76. The van der Waals surface area contributed by atoms with Crippen LogP contribution in [0.3, 0.4) is 0 Å². The van der Waals surface area contributed by atoms with Gasteiger partial charge in [-0.05, 0) is 51.0 Å². The highest BCUT2D eigenvalue weighted by molar-refractivity contribution is 5.92. The number of methoxy groups -OCH3 is 1. The maximum atomic E-state index is 13.0. The summed E-state index contributed by atoms with van der Waals surface area (Å²) < 4.78 is 18.0. The Kier molecular flexibility index (Phi) is 7.10. The summed E-state index contributed by atoms with van der Waals surface area (Å²) in [4.78, 5) is 35.7. The predicted molar refractivity (Wildman–Crippen MR) is 111 cm³/mol. The van der Waals surface area contributed by atoms with E-state index in [4.69, 9.17) is 4.74 Å². The number of hydrogen-bond acceptors (Lipinski definition) is 5. The average molecular weight is 414 g/mol. The Morgan fingerprint density at radius 3 is 2.50 bits per heavy atom. The van der Waals surface area contributed by atoms with E-state index in [1.807, 2.05) is 13.8 Å². The second-order valence-electron chi connectivity index (χ2n) is 7.57. The lowest BCUT2D eigenvalue weighted by atomic mass is 9.96. The molecule has 0 unspecified atom stereocenters. The maximum Gasteiger partial charge on any atom is 0.248 e. The number of carbonyl (C=O) groups excluding carboxylic acids is 2. The molecule has 1 saturated heterocycles. The van der Waals surface area contributed by atoms with Gasteiger partial charge < -0.3 is 15.0 Å². The number of ether oxygens (including phenoxy) is 1. The van der Waals surface area contributed by atoms with Crippen LogP contribution >= 0.6 is 0 Å². The van der Waals surface area contributed by atoms with Crippen molar-refractivity contribution in [1.29, 1.82) is 0 Å². The molecule has 0 saturated carbocycles. The van der Waals surface area contributed by atoms with Crippen molar-refractivity contribution in [2.45, 2.75) is 39.0 Å². The van der Waals surface area contributed by atoms with Gasteiger partial charge in [-0.3, -0.25) is 9.59 Å². The van der Waals surface area contributed by atoms with E-state index in [1.54, 1.807) is 4.90 Å². The lowest BCUT2D eigenvalue weighted by Gasteiger charge is -2.32. The van der Waals surface area contributed by atoms with Crippen LogP contribution in [0.5, 0.6) is 0 Å². The van der Waals surface area contributed by atoms with Gasteiger partial charge in [-0.15, -0.1) is 0 Å². The van der Waals surface area contributed by atoms with E-state index in [9.17, 15) is 14.0 Å². The standard InChI is InChI=1S/C22H27FN4O3/c1-14-19(11-20(28)26-18-8-6-17(23)7-9-18)15(2)25-22(24-14)16-5-4-10-27(12-16)21(29)13-30-3/h6-9,16H,4-5,10-13H2,1-3H3,(H,26,28)/t16-/m1/s1. The smallest absolute Gasteiger partial charge is 0.248 e. The molecule has 8 heteroatoms. The predicted octanol–water partition coefficient (Wildman–Crippen LogP) is 2.77. The van der Waals surface area contributed by atoms with Gasteiger partial charge in [-0.1, -0.05) is 0 Å². The van der Waals surface area contributed by atoms with Gasteiger partial charge >= 0.3 is 0 Å². The molecule has 1 aliphatic heterocycles. The molecule has 3 rings (SSSR count). The number of amides is 2. The summed E-state index contributed by atoms with van der Waals surface area (Å²) in [5.74, 6) is 0.193. The van der Waals surface area contributed by atoms with E-state index in [-0.39, 0.29) is 36.6 Å². The molecule has 2 heterocycles. The third kappa shape index (κ3) is 5.38. The van der Waals surface area contributed by atoms with Crippen molar-refractivity contribution >= 4 is 17.5 Å². The number of aryl methyl sites for hydroxylation is 2. The first-order valence-corrected chi connectivity index (χ1v) is 10.0. The number of benzene rings is 1. The van der Waals surface area contributed by atoms with Crippen LogP contribution in [-0.2, 0) is 20.7 Å². The Bertz CT molecular complexity index is 894. The molecule has 1 aromatic carbocycles. The zero-order valence-electron chi connectivity index (χ0n) is 17.6. The summed E-state index contributed by atoms with van der Waals surface area (Å²) in [6.07, 6.45) is 1.95. The van der Waals surface area contributed by atoms with E-state index < -0.39 is 0 Å². The zero-order chi connectivity index (χ0) is 21.7. The van der Waals surface area contributed by atoms with Crippen molar-refractivity contribution in [3.63, 3.8) is 0 Å². The molecule has 1 aromatic heterocycles. The van der Waals surface area contributed by atoms with Gasteiger partial charge in [-0.2, -0.15) is 0 Å². The number of rotatable bonds is 6. The lowest BCUT2D eigenvalue weighted by molar-refractivity contribution is -0.136. The minimum absolute atomic E-state index is 0.0234. The highest BCUT2D eigenvalue weighted by atomic mass is 19.1. The number of aromatic nitrogens is 2. The summed E-state index contributed by atoms with van der Waals surface area (Å²) in [6.45, 7) is 5.11. The number of hydrogen-bond donors (Lipinski definition) is 1. The van der Waals surface area contributed by atoms with Gasteiger partial charge in [0.2, 0.25) is 11.8 Å². The third-order valence-corrected chi connectivity index (χ3v) is 5.31. The molecular formula is C22H27FN4O3. The molecule has 30 heavy (non-hydrogen) atoms. The van der Waals surface area contributed by atoms with Crippen molar-refractivity contribution in [1.82, 2.24) is 14.9 Å². The third-order valence-electron chi connectivity index (χ3n) is 5.31. The maximum absolute atomic E-state index is 13.0. The molecule has 7 nitrogen and oxygen atoms in total. The molecule has 1 atom stereocenters. The van der Waals surface area contributed by atoms with Crippen LogP contribution in [0.15, 0.2) is 24.3 Å². The summed E-state index contributed by atoms with van der Waals surface area (Å²) >= 11 is 0. The first kappa shape index (κ1) is 21.8. The van der Waals surface area contributed by atoms with Crippen LogP contribution in [0.4, 0.5) is 10.1 Å². The number of nitrogens with zero attached hydrogens (tertiary/aromatic N) is 3. The lowest BCUT2D eigenvalue weighted by Crippen LogP contribution is -2.41. The average Bonchev–Trinajstić information content (AvgIpc) is 2.72. The van der Waals surface area contributed by atoms with E-state index >= 15 is 0 Å². The van der Waals surface area contributed by atoms with Crippen molar-refractivity contribution in [2.75, 3.05) is 32.1 Å². The van der Waals surface area contributed by atoms with Crippen LogP contribution in [0, 0.1) is 19.7 Å². The number of likely N-dealkylation sites (tertiary alicyclic amines) is 1. The van der Waals surface area contributed by atoms with Crippen molar-refractivity contribution < 1.29 is 18.7 Å². The van der Waals surface area contributed by atoms with E-state index in [1.165, 1.54) is 31.4 Å². The minimum Gasteiger partial charge on any atom is -0.375 e. The van der Waals surface area contributed by atoms with Crippen molar-refractivity contribution in [3.8, 4) is 0 Å². The topological polar surface area (TPSA) is 84.4 Å². The highest BCUT2D eigenvalue weighted by Crippen LogP contribution is 2.26. The number of anilines is 1. The zero-order valence-corrected chi connectivity index (χ0v) is 17.6. The largest absolute Gasteiger partial charge is 0.375 e. The molecule has 1 fully saturated rings. The second kappa shape index (κ2) is 9.75. The first-order valence-electron chi connectivity index (χ1n) is 10.0. The summed E-state index contributed by atoms with van der Waals surface area (Å²) in [6, 6.07) is 5.64. The summed E-state index contributed by atoms with van der Waals surface area (Å²) in [5.41, 5.74) is 2.83. The molecule has 0 spiro atoms. The Morgan fingerprint density at radius 1 is 1.20 bits per heavy atom. The Labute approximate surface area is 175 Å². The fraction of sp³-hybridized carbons (Fsp3) is 0.455. The van der Waals surface area contributed by atoms with Gasteiger partial charge in [0.15, 0.2) is 0 Å². The van der Waals surface area contributed by atoms with Crippen LogP contribution < -0.4 is 5.32 Å². The highest BCUT2D eigenvalue weighted by Gasteiger charge is 2.27. The molecule has 0 aliphatic carbocycles. The van der Waals surface area contributed by atoms with Gasteiger partial charge in [0.05, 0.1) is 6.42 Å². The van der Waals surface area contributed by atoms with Crippen LogP contribution in [0.1, 0.15) is 41.5 Å². The van der Waals surface area contributed by atoms with Gasteiger partial charge in [0.1, 0.15) is 18.2 Å². The number of halogens is 1.